The molecule has 0 spiro atoms. The maximum atomic E-state index is 13.1. The van der Waals surface area contributed by atoms with Crippen LogP contribution in [-0.4, -0.2) is 66.8 Å². The first kappa shape index (κ1) is 20.3. The van der Waals surface area contributed by atoms with Gasteiger partial charge in [0.2, 0.25) is 0 Å². The van der Waals surface area contributed by atoms with Crippen molar-refractivity contribution in [2.24, 2.45) is 0 Å². The van der Waals surface area contributed by atoms with Crippen LogP contribution in [0.5, 0.6) is 0 Å². The molecule has 5 rings (SSSR count). The number of carbonyl (C=O) groups is 3. The van der Waals surface area contributed by atoms with Gasteiger partial charge in [-0.15, -0.1) is 0 Å². The lowest BCUT2D eigenvalue weighted by molar-refractivity contribution is -0.903. The highest BCUT2D eigenvalue weighted by molar-refractivity contribution is 6.25. The number of nitrogens with zero attached hydrogens (tertiary/aromatic N) is 2. The SMILES string of the molecule is O=C(c1ccc(F)cc1)N1CC[NH+](CCN2C(=O)c3cccc4cccc(c34)C2=O)CC1. The first-order valence-corrected chi connectivity index (χ1v) is 10.8. The van der Waals surface area contributed by atoms with Crippen LogP contribution in [0.2, 0.25) is 0 Å². The Labute approximate surface area is 184 Å². The van der Waals surface area contributed by atoms with E-state index in [9.17, 15) is 18.8 Å². The summed E-state index contributed by atoms with van der Waals surface area (Å²) in [6.07, 6.45) is 0. The van der Waals surface area contributed by atoms with E-state index in [2.05, 4.69) is 0 Å². The van der Waals surface area contributed by atoms with E-state index in [0.717, 1.165) is 23.9 Å². The number of carbonyl (C=O) groups excluding carboxylic acids is 3. The highest BCUT2D eigenvalue weighted by atomic mass is 19.1. The summed E-state index contributed by atoms with van der Waals surface area (Å²) in [6, 6.07) is 16.7. The van der Waals surface area contributed by atoms with Gasteiger partial charge < -0.3 is 9.80 Å². The number of imide groups is 1. The zero-order chi connectivity index (χ0) is 22.2. The van der Waals surface area contributed by atoms with E-state index in [1.54, 1.807) is 17.0 Å². The van der Waals surface area contributed by atoms with Crippen molar-refractivity contribution in [3.63, 3.8) is 0 Å². The molecule has 1 N–H and O–H groups in total. The minimum absolute atomic E-state index is 0.102. The topological polar surface area (TPSA) is 62.1 Å². The smallest absolute Gasteiger partial charge is 0.261 e. The monoisotopic (exact) mass is 432 g/mol. The molecular weight excluding hydrogens is 409 g/mol. The number of quaternary nitrogens is 1. The molecule has 0 bridgehead atoms. The van der Waals surface area contributed by atoms with Crippen molar-refractivity contribution in [2.75, 3.05) is 39.3 Å². The Kier molecular flexibility index (Phi) is 5.19. The van der Waals surface area contributed by atoms with Gasteiger partial charge in [0, 0.05) is 22.1 Å². The summed E-state index contributed by atoms with van der Waals surface area (Å²) >= 11 is 0. The maximum Gasteiger partial charge on any atom is 0.261 e. The Morgan fingerprint density at radius 3 is 2.06 bits per heavy atom. The quantitative estimate of drug-likeness (QED) is 0.638. The molecule has 0 aromatic heterocycles. The Morgan fingerprint density at radius 2 is 1.47 bits per heavy atom. The molecule has 0 unspecified atom stereocenters. The molecule has 7 heteroatoms. The van der Waals surface area contributed by atoms with Crippen LogP contribution in [0.25, 0.3) is 10.8 Å². The molecular formula is C25H23FN3O3+. The van der Waals surface area contributed by atoms with Gasteiger partial charge in [0.25, 0.3) is 17.7 Å². The average molecular weight is 432 g/mol. The number of benzene rings is 3. The average Bonchev–Trinajstić information content (AvgIpc) is 2.83. The molecule has 2 aliphatic rings. The molecule has 1 fully saturated rings. The number of hydrogen-bond acceptors (Lipinski definition) is 3. The third-order valence-electron chi connectivity index (χ3n) is 6.39. The number of amides is 3. The number of rotatable bonds is 4. The first-order valence-electron chi connectivity index (χ1n) is 10.8. The molecule has 2 aliphatic heterocycles. The number of piperazine rings is 1. The molecule has 3 aromatic carbocycles. The lowest BCUT2D eigenvalue weighted by Gasteiger charge is -2.34. The van der Waals surface area contributed by atoms with E-state index >= 15 is 0 Å². The summed E-state index contributed by atoms with van der Waals surface area (Å²) < 4.78 is 13.1. The molecule has 0 atom stereocenters. The second-order valence-corrected chi connectivity index (χ2v) is 8.27. The molecule has 32 heavy (non-hydrogen) atoms. The van der Waals surface area contributed by atoms with Crippen LogP contribution >= 0.6 is 0 Å². The zero-order valence-electron chi connectivity index (χ0n) is 17.5. The Morgan fingerprint density at radius 1 is 0.875 bits per heavy atom. The van der Waals surface area contributed by atoms with E-state index in [-0.39, 0.29) is 23.5 Å². The molecule has 1 saturated heterocycles. The number of nitrogens with one attached hydrogen (secondary N) is 1. The highest BCUT2D eigenvalue weighted by Crippen LogP contribution is 2.29. The van der Waals surface area contributed by atoms with Crippen molar-refractivity contribution in [3.8, 4) is 0 Å². The van der Waals surface area contributed by atoms with Crippen LogP contribution in [0.3, 0.4) is 0 Å². The van der Waals surface area contributed by atoms with E-state index in [4.69, 9.17) is 0 Å². The van der Waals surface area contributed by atoms with Gasteiger partial charge in [0.05, 0.1) is 39.3 Å². The van der Waals surface area contributed by atoms with Gasteiger partial charge in [0.15, 0.2) is 0 Å². The number of hydrogen-bond donors (Lipinski definition) is 1. The summed E-state index contributed by atoms with van der Waals surface area (Å²) in [4.78, 5) is 43.0. The predicted octanol–water partition coefficient (Wildman–Crippen LogP) is 1.62. The van der Waals surface area contributed by atoms with Gasteiger partial charge in [-0.05, 0) is 41.8 Å². The Hall–Kier alpha value is -3.58. The fourth-order valence-electron chi connectivity index (χ4n) is 4.60. The van der Waals surface area contributed by atoms with Crippen LogP contribution in [0, 0.1) is 5.82 Å². The van der Waals surface area contributed by atoms with Gasteiger partial charge in [-0.3, -0.25) is 19.3 Å². The zero-order valence-corrected chi connectivity index (χ0v) is 17.5. The van der Waals surface area contributed by atoms with Crippen LogP contribution in [0.1, 0.15) is 31.1 Å². The Bertz CT molecular complexity index is 1170. The third kappa shape index (κ3) is 3.54. The third-order valence-corrected chi connectivity index (χ3v) is 6.39. The van der Waals surface area contributed by atoms with Gasteiger partial charge in [-0.1, -0.05) is 24.3 Å². The fourth-order valence-corrected chi connectivity index (χ4v) is 4.60. The molecule has 0 radical (unpaired) electrons. The van der Waals surface area contributed by atoms with Crippen molar-refractivity contribution < 1.29 is 23.7 Å². The molecule has 3 amide bonds. The van der Waals surface area contributed by atoms with E-state index in [1.807, 2.05) is 24.3 Å². The van der Waals surface area contributed by atoms with Gasteiger partial charge in [-0.25, -0.2) is 4.39 Å². The minimum Gasteiger partial charge on any atom is -0.331 e. The largest absolute Gasteiger partial charge is 0.331 e. The van der Waals surface area contributed by atoms with Crippen molar-refractivity contribution in [1.82, 2.24) is 9.80 Å². The molecule has 3 aromatic rings. The van der Waals surface area contributed by atoms with Gasteiger partial charge in [0.1, 0.15) is 5.82 Å². The van der Waals surface area contributed by atoms with Crippen LogP contribution in [0.4, 0.5) is 4.39 Å². The summed E-state index contributed by atoms with van der Waals surface area (Å²) in [6.45, 7) is 3.59. The molecule has 0 saturated carbocycles. The first-order chi connectivity index (χ1) is 15.5. The molecule has 0 aliphatic carbocycles. The maximum absolute atomic E-state index is 13.1. The highest BCUT2D eigenvalue weighted by Gasteiger charge is 2.33. The summed E-state index contributed by atoms with van der Waals surface area (Å²) in [7, 11) is 0. The van der Waals surface area contributed by atoms with Gasteiger partial charge in [-0.2, -0.15) is 0 Å². The second kappa shape index (κ2) is 8.16. The Balaban J connectivity index is 1.22. The van der Waals surface area contributed by atoms with E-state index in [1.165, 1.54) is 34.1 Å². The van der Waals surface area contributed by atoms with Crippen LogP contribution in [-0.2, 0) is 0 Å². The molecule has 2 heterocycles. The summed E-state index contributed by atoms with van der Waals surface area (Å²) in [5.41, 5.74) is 1.62. The minimum atomic E-state index is -0.364. The van der Waals surface area contributed by atoms with Crippen molar-refractivity contribution in [2.45, 2.75) is 0 Å². The second-order valence-electron chi connectivity index (χ2n) is 8.27. The summed E-state index contributed by atoms with van der Waals surface area (Å²) in [5, 5.41) is 1.63. The van der Waals surface area contributed by atoms with E-state index in [0.29, 0.717) is 42.9 Å². The lowest BCUT2D eigenvalue weighted by Crippen LogP contribution is -3.15. The number of halogens is 1. The summed E-state index contributed by atoms with van der Waals surface area (Å²) in [5.74, 6) is -0.959. The van der Waals surface area contributed by atoms with Crippen molar-refractivity contribution >= 4 is 28.5 Å². The normalized spacial score (nSPS) is 16.7. The molecule has 162 valence electrons. The fraction of sp³-hybridized carbons (Fsp3) is 0.240. The van der Waals surface area contributed by atoms with Crippen LogP contribution < -0.4 is 4.90 Å². The van der Waals surface area contributed by atoms with E-state index < -0.39 is 0 Å². The van der Waals surface area contributed by atoms with Crippen molar-refractivity contribution in [3.05, 3.63) is 83.2 Å². The van der Waals surface area contributed by atoms with Crippen molar-refractivity contribution in [1.29, 1.82) is 0 Å². The van der Waals surface area contributed by atoms with Crippen LogP contribution in [0.15, 0.2) is 60.7 Å². The lowest BCUT2D eigenvalue weighted by atomic mass is 9.94. The standard InChI is InChI=1S/C25H22FN3O3/c26-19-9-7-18(8-10-19)23(30)28-14-11-27(12-15-28)13-16-29-24(31)20-5-1-3-17-4-2-6-21(22(17)20)25(29)32/h1-10H,11-16H2/p+1. The predicted molar refractivity (Wildman–Crippen MR) is 117 cm³/mol. The molecule has 6 nitrogen and oxygen atoms in total. The van der Waals surface area contributed by atoms with Gasteiger partial charge >= 0.3 is 0 Å².